The standard InChI is InChI=1S/C20H24N6O/c1-15-4-8-17(9-5-15)19(25(2)3)13-21-20(27)12-16-6-10-18(11-7-16)26-14-22-23-24-26/h4-11,14,19H,12-13H2,1-3H3,(H,21,27)/t19-/m0/s1. The Labute approximate surface area is 159 Å². The normalized spacial score (nSPS) is 12.1. The molecule has 27 heavy (non-hydrogen) atoms. The van der Waals surface area contributed by atoms with Crippen molar-refractivity contribution in [3.05, 3.63) is 71.5 Å². The molecule has 0 radical (unpaired) electrons. The molecule has 7 nitrogen and oxygen atoms in total. The van der Waals surface area contributed by atoms with Crippen LogP contribution in [0.25, 0.3) is 5.69 Å². The minimum Gasteiger partial charge on any atom is -0.354 e. The molecule has 2 aromatic carbocycles. The number of likely N-dealkylation sites (N-methyl/N-ethyl adjacent to an activating group) is 1. The van der Waals surface area contributed by atoms with Gasteiger partial charge < -0.3 is 10.2 Å². The van der Waals surface area contributed by atoms with Crippen LogP contribution in [-0.2, 0) is 11.2 Å². The first-order valence-electron chi connectivity index (χ1n) is 8.85. The summed E-state index contributed by atoms with van der Waals surface area (Å²) in [7, 11) is 4.04. The summed E-state index contributed by atoms with van der Waals surface area (Å²) in [6.07, 6.45) is 1.87. The van der Waals surface area contributed by atoms with Crippen LogP contribution >= 0.6 is 0 Å². The molecule has 140 valence electrons. The smallest absolute Gasteiger partial charge is 0.224 e. The third-order valence-electron chi connectivity index (χ3n) is 4.49. The Bertz CT molecular complexity index is 857. The molecule has 3 aromatic rings. The number of carbonyl (C=O) groups excluding carboxylic acids is 1. The number of aromatic nitrogens is 4. The first-order valence-corrected chi connectivity index (χ1v) is 8.85. The van der Waals surface area contributed by atoms with Crippen molar-refractivity contribution in [2.75, 3.05) is 20.6 Å². The SMILES string of the molecule is Cc1ccc([C@H](CNC(=O)Cc2ccc(-n3cnnn3)cc2)N(C)C)cc1. The third kappa shape index (κ3) is 4.98. The summed E-state index contributed by atoms with van der Waals surface area (Å²) in [5, 5.41) is 14.1. The Kier molecular flexibility index (Phi) is 5.93. The lowest BCUT2D eigenvalue weighted by Gasteiger charge is -2.25. The van der Waals surface area contributed by atoms with Crippen molar-refractivity contribution < 1.29 is 4.79 Å². The Morgan fingerprint density at radius 2 is 1.81 bits per heavy atom. The lowest BCUT2D eigenvalue weighted by Crippen LogP contribution is -2.35. The summed E-state index contributed by atoms with van der Waals surface area (Å²) >= 11 is 0. The van der Waals surface area contributed by atoms with Crippen LogP contribution in [0.4, 0.5) is 0 Å². The van der Waals surface area contributed by atoms with Crippen molar-refractivity contribution in [2.24, 2.45) is 0 Å². The Hall–Kier alpha value is -3.06. The molecule has 1 atom stereocenters. The van der Waals surface area contributed by atoms with Crippen LogP contribution in [0, 0.1) is 6.92 Å². The average molecular weight is 364 g/mol. The quantitative estimate of drug-likeness (QED) is 0.693. The summed E-state index contributed by atoms with van der Waals surface area (Å²) in [5.74, 6) is 0.00383. The number of rotatable bonds is 7. The number of tetrazole rings is 1. The molecule has 3 rings (SSSR count). The monoisotopic (exact) mass is 364 g/mol. The number of hydrogen-bond acceptors (Lipinski definition) is 5. The van der Waals surface area contributed by atoms with Gasteiger partial charge in [-0.1, -0.05) is 42.0 Å². The minimum atomic E-state index is 0.00383. The van der Waals surface area contributed by atoms with E-state index in [0.717, 1.165) is 11.3 Å². The van der Waals surface area contributed by atoms with Crippen LogP contribution in [0.2, 0.25) is 0 Å². The zero-order chi connectivity index (χ0) is 19.2. The number of amides is 1. The predicted molar refractivity (Wildman–Crippen MR) is 103 cm³/mol. The Morgan fingerprint density at radius 3 is 2.41 bits per heavy atom. The van der Waals surface area contributed by atoms with E-state index in [4.69, 9.17) is 0 Å². The van der Waals surface area contributed by atoms with Gasteiger partial charge in [-0.25, -0.2) is 4.68 Å². The Balaban J connectivity index is 1.57. The van der Waals surface area contributed by atoms with Crippen molar-refractivity contribution in [1.82, 2.24) is 30.4 Å². The molecule has 1 amide bonds. The topological polar surface area (TPSA) is 75.9 Å². The molecule has 1 heterocycles. The first-order chi connectivity index (χ1) is 13.0. The second-order valence-corrected chi connectivity index (χ2v) is 6.79. The van der Waals surface area contributed by atoms with Gasteiger partial charge in [-0.3, -0.25) is 4.79 Å². The number of nitrogens with zero attached hydrogens (tertiary/aromatic N) is 5. The van der Waals surface area contributed by atoms with E-state index in [2.05, 4.69) is 56.9 Å². The highest BCUT2D eigenvalue weighted by atomic mass is 16.1. The number of carbonyl (C=O) groups is 1. The van der Waals surface area contributed by atoms with Crippen LogP contribution in [0.3, 0.4) is 0 Å². The zero-order valence-electron chi connectivity index (χ0n) is 15.8. The van der Waals surface area contributed by atoms with Gasteiger partial charge in [-0.15, -0.1) is 5.10 Å². The summed E-state index contributed by atoms with van der Waals surface area (Å²) in [4.78, 5) is 14.5. The zero-order valence-corrected chi connectivity index (χ0v) is 15.8. The summed E-state index contributed by atoms with van der Waals surface area (Å²) in [6, 6.07) is 16.2. The van der Waals surface area contributed by atoms with E-state index in [0.29, 0.717) is 13.0 Å². The van der Waals surface area contributed by atoms with Gasteiger partial charge in [-0.2, -0.15) is 0 Å². The van der Waals surface area contributed by atoms with Crippen LogP contribution < -0.4 is 5.32 Å². The molecule has 0 aliphatic carbocycles. The van der Waals surface area contributed by atoms with Crippen molar-refractivity contribution in [1.29, 1.82) is 0 Å². The maximum atomic E-state index is 12.4. The highest BCUT2D eigenvalue weighted by molar-refractivity contribution is 5.78. The van der Waals surface area contributed by atoms with Crippen LogP contribution in [0.15, 0.2) is 54.9 Å². The number of hydrogen-bond donors (Lipinski definition) is 1. The van der Waals surface area contributed by atoms with Crippen LogP contribution in [0.1, 0.15) is 22.7 Å². The minimum absolute atomic E-state index is 0.00383. The molecular weight excluding hydrogens is 340 g/mol. The summed E-state index contributed by atoms with van der Waals surface area (Å²) in [5.41, 5.74) is 4.22. The highest BCUT2D eigenvalue weighted by Crippen LogP contribution is 2.18. The van der Waals surface area contributed by atoms with Crippen LogP contribution in [0.5, 0.6) is 0 Å². The largest absolute Gasteiger partial charge is 0.354 e. The van der Waals surface area contributed by atoms with Gasteiger partial charge in [0.05, 0.1) is 18.2 Å². The summed E-state index contributed by atoms with van der Waals surface area (Å²) < 4.78 is 1.58. The summed E-state index contributed by atoms with van der Waals surface area (Å²) in [6.45, 7) is 2.64. The van der Waals surface area contributed by atoms with Gasteiger partial charge in [0.25, 0.3) is 0 Å². The first kappa shape index (κ1) is 18.7. The molecule has 0 saturated heterocycles. The van der Waals surface area contributed by atoms with Gasteiger partial charge in [0.2, 0.25) is 5.91 Å². The molecule has 1 aromatic heterocycles. The van der Waals surface area contributed by atoms with E-state index in [9.17, 15) is 4.79 Å². The number of benzene rings is 2. The van der Waals surface area contributed by atoms with E-state index in [1.807, 2.05) is 38.4 Å². The highest BCUT2D eigenvalue weighted by Gasteiger charge is 2.15. The maximum Gasteiger partial charge on any atom is 0.224 e. The van der Waals surface area contributed by atoms with Crippen LogP contribution in [-0.4, -0.2) is 51.7 Å². The van der Waals surface area contributed by atoms with Crippen molar-refractivity contribution in [2.45, 2.75) is 19.4 Å². The molecule has 0 spiro atoms. The van der Waals surface area contributed by atoms with E-state index in [1.165, 1.54) is 17.5 Å². The molecule has 7 heteroatoms. The third-order valence-corrected chi connectivity index (χ3v) is 4.49. The number of nitrogens with one attached hydrogen (secondary N) is 1. The maximum absolute atomic E-state index is 12.4. The van der Waals surface area contributed by atoms with Gasteiger partial charge >= 0.3 is 0 Å². The fraction of sp³-hybridized carbons (Fsp3) is 0.300. The predicted octanol–water partition coefficient (Wildman–Crippen LogP) is 1.93. The van der Waals surface area contributed by atoms with Gasteiger partial charge in [0, 0.05) is 6.54 Å². The van der Waals surface area contributed by atoms with Crippen molar-refractivity contribution in [3.8, 4) is 5.69 Å². The molecule has 0 bridgehead atoms. The molecule has 0 unspecified atom stereocenters. The van der Waals surface area contributed by atoms with Gasteiger partial charge in [-0.05, 0) is 54.7 Å². The molecule has 0 aliphatic heterocycles. The lowest BCUT2D eigenvalue weighted by atomic mass is 10.0. The van der Waals surface area contributed by atoms with Gasteiger partial charge in [0.1, 0.15) is 6.33 Å². The van der Waals surface area contributed by atoms with Crippen molar-refractivity contribution in [3.63, 3.8) is 0 Å². The second-order valence-electron chi connectivity index (χ2n) is 6.79. The molecule has 0 fully saturated rings. The molecule has 0 aliphatic rings. The molecule has 1 N–H and O–H groups in total. The number of aryl methyl sites for hydroxylation is 1. The van der Waals surface area contributed by atoms with E-state index in [-0.39, 0.29) is 11.9 Å². The van der Waals surface area contributed by atoms with E-state index in [1.54, 1.807) is 4.68 Å². The van der Waals surface area contributed by atoms with E-state index >= 15 is 0 Å². The molecule has 0 saturated carbocycles. The lowest BCUT2D eigenvalue weighted by molar-refractivity contribution is -0.120. The second kappa shape index (κ2) is 8.55. The van der Waals surface area contributed by atoms with Crippen molar-refractivity contribution >= 4 is 5.91 Å². The fourth-order valence-corrected chi connectivity index (χ4v) is 2.89. The average Bonchev–Trinajstić information content (AvgIpc) is 3.18. The molecular formula is C20H24N6O. The fourth-order valence-electron chi connectivity index (χ4n) is 2.89. The van der Waals surface area contributed by atoms with Gasteiger partial charge in [0.15, 0.2) is 0 Å². The van der Waals surface area contributed by atoms with E-state index < -0.39 is 0 Å². The Morgan fingerprint density at radius 1 is 1.11 bits per heavy atom.